The molecule has 1 amide bonds. The largest absolute Gasteiger partial charge is 0.392 e. The summed E-state index contributed by atoms with van der Waals surface area (Å²) in [5, 5.41) is 20.6. The van der Waals surface area contributed by atoms with Gasteiger partial charge in [0.25, 0.3) is 0 Å². The number of rotatable bonds is 11. The third-order valence-corrected chi connectivity index (χ3v) is 6.72. The van der Waals surface area contributed by atoms with Gasteiger partial charge in [-0.1, -0.05) is 44.4 Å². The van der Waals surface area contributed by atoms with Crippen LogP contribution in [0, 0.1) is 17.8 Å². The topological polar surface area (TPSA) is 79.2 Å². The molecular formula is C24H39NO5. The van der Waals surface area contributed by atoms with Crippen molar-refractivity contribution < 1.29 is 24.5 Å². The Kier molecular flexibility index (Phi) is 9.37. The lowest BCUT2D eigenvalue weighted by molar-refractivity contribution is -0.136. The molecule has 0 aromatic heterocycles. The van der Waals surface area contributed by atoms with Gasteiger partial charge in [0.05, 0.1) is 45.1 Å². The van der Waals surface area contributed by atoms with E-state index < -0.39 is 6.10 Å². The first-order valence-electron chi connectivity index (χ1n) is 11.8. The van der Waals surface area contributed by atoms with E-state index in [1.54, 1.807) is 0 Å². The summed E-state index contributed by atoms with van der Waals surface area (Å²) < 4.78 is 11.1. The summed E-state index contributed by atoms with van der Waals surface area (Å²) in [6, 6.07) is 0. The molecule has 5 atom stereocenters. The number of aliphatic hydroxyl groups excluding tert-OH is 2. The average molecular weight is 422 g/mol. The van der Waals surface area contributed by atoms with Gasteiger partial charge in [-0.15, -0.1) is 0 Å². The lowest BCUT2D eigenvalue weighted by Crippen LogP contribution is -2.41. The highest BCUT2D eigenvalue weighted by molar-refractivity contribution is 5.76. The van der Waals surface area contributed by atoms with Crippen molar-refractivity contribution in [2.45, 2.75) is 64.1 Å². The molecular weight excluding hydrogens is 382 g/mol. The number of carbonyl (C=O) groups excluding carboxylic acids is 1. The van der Waals surface area contributed by atoms with Crippen LogP contribution < -0.4 is 0 Å². The van der Waals surface area contributed by atoms with Crippen LogP contribution in [0.15, 0.2) is 23.8 Å². The number of hydrogen-bond acceptors (Lipinski definition) is 5. The van der Waals surface area contributed by atoms with E-state index in [9.17, 15) is 15.0 Å². The molecule has 2 aliphatic carbocycles. The van der Waals surface area contributed by atoms with Gasteiger partial charge in [0.15, 0.2) is 0 Å². The predicted molar refractivity (Wildman–Crippen MR) is 116 cm³/mol. The highest BCUT2D eigenvalue weighted by atomic mass is 16.5. The molecule has 0 aromatic carbocycles. The SMILES string of the molecule is CCCCC[C@H](O)/C=C/[C@@H]1[C@H]2CC(COCCC(=O)N3CCOCC3)=C[C@H]2C[C@H]1O. The average Bonchev–Trinajstić information content (AvgIpc) is 3.26. The first kappa shape index (κ1) is 23.5. The third-order valence-electron chi connectivity index (χ3n) is 6.72. The standard InChI is InChI=1S/C24H39NO5/c1-2-3-4-5-20(26)6-7-21-22-15-18(14-19(22)16-23(21)27)17-30-11-8-24(28)25-9-12-29-13-10-25/h6-7,14,19-23,26-27H,2-5,8-13,15-17H2,1H3/b7-6+/t19-,20-,21+,22-,23+/m0/s1. The number of carbonyl (C=O) groups is 1. The smallest absolute Gasteiger partial charge is 0.225 e. The van der Waals surface area contributed by atoms with E-state index in [2.05, 4.69) is 13.0 Å². The van der Waals surface area contributed by atoms with E-state index >= 15 is 0 Å². The van der Waals surface area contributed by atoms with Crippen molar-refractivity contribution in [2.75, 3.05) is 39.5 Å². The van der Waals surface area contributed by atoms with E-state index in [1.165, 1.54) is 5.57 Å². The zero-order valence-electron chi connectivity index (χ0n) is 18.4. The van der Waals surface area contributed by atoms with Crippen LogP contribution in [0.25, 0.3) is 0 Å². The Labute approximate surface area is 180 Å². The van der Waals surface area contributed by atoms with E-state index in [-0.39, 0.29) is 17.9 Å². The van der Waals surface area contributed by atoms with Crippen LogP contribution >= 0.6 is 0 Å². The van der Waals surface area contributed by atoms with Crippen molar-refractivity contribution in [1.29, 1.82) is 0 Å². The number of morpholine rings is 1. The monoisotopic (exact) mass is 421 g/mol. The van der Waals surface area contributed by atoms with Crippen molar-refractivity contribution >= 4 is 5.91 Å². The van der Waals surface area contributed by atoms with Crippen LogP contribution in [0.1, 0.15) is 51.9 Å². The van der Waals surface area contributed by atoms with Crippen molar-refractivity contribution in [3.8, 4) is 0 Å². The fraction of sp³-hybridized carbons (Fsp3) is 0.792. The molecule has 6 nitrogen and oxygen atoms in total. The van der Waals surface area contributed by atoms with Crippen molar-refractivity contribution in [1.82, 2.24) is 4.90 Å². The summed E-state index contributed by atoms with van der Waals surface area (Å²) in [6.07, 6.45) is 11.7. The number of nitrogens with zero attached hydrogens (tertiary/aromatic N) is 1. The van der Waals surface area contributed by atoms with E-state index in [0.29, 0.717) is 57.8 Å². The zero-order valence-corrected chi connectivity index (χ0v) is 18.4. The molecule has 0 unspecified atom stereocenters. The van der Waals surface area contributed by atoms with Crippen LogP contribution in [0.4, 0.5) is 0 Å². The summed E-state index contributed by atoms with van der Waals surface area (Å²) in [5.74, 6) is 1.03. The maximum Gasteiger partial charge on any atom is 0.225 e. The maximum absolute atomic E-state index is 12.2. The second-order valence-corrected chi connectivity index (χ2v) is 8.98. The Balaban J connectivity index is 1.37. The van der Waals surface area contributed by atoms with Gasteiger partial charge in [0.1, 0.15) is 0 Å². The maximum atomic E-state index is 12.2. The number of fused-ring (bicyclic) bond motifs is 1. The Hall–Kier alpha value is -1.21. The van der Waals surface area contributed by atoms with Gasteiger partial charge in [-0.05, 0) is 36.7 Å². The highest BCUT2D eigenvalue weighted by Crippen LogP contribution is 2.47. The molecule has 0 spiro atoms. The van der Waals surface area contributed by atoms with Gasteiger partial charge >= 0.3 is 0 Å². The number of hydrogen-bond donors (Lipinski definition) is 2. The van der Waals surface area contributed by atoms with Crippen LogP contribution in [0.3, 0.4) is 0 Å². The van der Waals surface area contributed by atoms with E-state index in [4.69, 9.17) is 9.47 Å². The number of ether oxygens (including phenoxy) is 2. The van der Waals surface area contributed by atoms with Crippen molar-refractivity contribution in [2.24, 2.45) is 17.8 Å². The summed E-state index contributed by atoms with van der Waals surface area (Å²) in [7, 11) is 0. The van der Waals surface area contributed by atoms with Gasteiger partial charge < -0.3 is 24.6 Å². The molecule has 2 fully saturated rings. The molecule has 6 heteroatoms. The molecule has 1 saturated heterocycles. The fourth-order valence-electron chi connectivity index (χ4n) is 5.00. The molecule has 0 bridgehead atoms. The Morgan fingerprint density at radius 3 is 2.93 bits per heavy atom. The fourth-order valence-corrected chi connectivity index (χ4v) is 5.00. The lowest BCUT2D eigenvalue weighted by atomic mass is 9.89. The van der Waals surface area contributed by atoms with Gasteiger partial charge in [-0.2, -0.15) is 0 Å². The molecule has 30 heavy (non-hydrogen) atoms. The van der Waals surface area contributed by atoms with E-state index in [1.807, 2.05) is 17.1 Å². The summed E-state index contributed by atoms with van der Waals surface area (Å²) in [5.41, 5.74) is 1.28. The number of amides is 1. The highest BCUT2D eigenvalue weighted by Gasteiger charge is 2.43. The van der Waals surface area contributed by atoms with Crippen LogP contribution in [-0.2, 0) is 14.3 Å². The van der Waals surface area contributed by atoms with Gasteiger partial charge in [0, 0.05) is 19.0 Å². The minimum atomic E-state index is -0.413. The second-order valence-electron chi connectivity index (χ2n) is 8.98. The normalized spacial score (nSPS) is 30.0. The first-order chi connectivity index (χ1) is 14.6. The third kappa shape index (κ3) is 6.64. The van der Waals surface area contributed by atoms with Crippen LogP contribution in [0.5, 0.6) is 0 Å². The minimum Gasteiger partial charge on any atom is -0.392 e. The molecule has 1 saturated carbocycles. The number of aliphatic hydroxyl groups is 2. The molecule has 2 N–H and O–H groups in total. The summed E-state index contributed by atoms with van der Waals surface area (Å²) in [6.45, 7) is 5.77. The van der Waals surface area contributed by atoms with Gasteiger partial charge in [-0.25, -0.2) is 0 Å². The van der Waals surface area contributed by atoms with Crippen molar-refractivity contribution in [3.63, 3.8) is 0 Å². The van der Waals surface area contributed by atoms with Gasteiger partial charge in [-0.3, -0.25) is 4.79 Å². The van der Waals surface area contributed by atoms with Crippen LogP contribution in [0.2, 0.25) is 0 Å². The lowest BCUT2D eigenvalue weighted by Gasteiger charge is -2.26. The Morgan fingerprint density at radius 2 is 2.17 bits per heavy atom. The molecule has 1 aliphatic heterocycles. The van der Waals surface area contributed by atoms with Gasteiger partial charge in [0.2, 0.25) is 5.91 Å². The first-order valence-corrected chi connectivity index (χ1v) is 11.8. The Bertz CT molecular complexity index is 598. The Morgan fingerprint density at radius 1 is 1.37 bits per heavy atom. The molecule has 3 aliphatic rings. The molecule has 0 radical (unpaired) electrons. The molecule has 0 aromatic rings. The summed E-state index contributed by atoms with van der Waals surface area (Å²) >= 11 is 0. The van der Waals surface area contributed by atoms with Crippen molar-refractivity contribution in [3.05, 3.63) is 23.8 Å². The van der Waals surface area contributed by atoms with E-state index in [0.717, 1.165) is 38.5 Å². The zero-order chi connectivity index (χ0) is 21.3. The minimum absolute atomic E-state index is 0.104. The predicted octanol–water partition coefficient (Wildman–Crippen LogP) is 2.69. The molecule has 3 rings (SSSR count). The van der Waals surface area contributed by atoms with Crippen LogP contribution in [-0.4, -0.2) is 72.7 Å². The molecule has 170 valence electrons. The number of allylic oxidation sites excluding steroid dienone is 1. The summed E-state index contributed by atoms with van der Waals surface area (Å²) in [4.78, 5) is 14.0. The molecule has 1 heterocycles. The quantitative estimate of drug-likeness (QED) is 0.396. The number of unbranched alkanes of at least 4 members (excludes halogenated alkanes) is 2. The second kappa shape index (κ2) is 12.0.